The van der Waals surface area contributed by atoms with E-state index in [9.17, 15) is 4.79 Å². The third kappa shape index (κ3) is 4.53. The highest BCUT2D eigenvalue weighted by molar-refractivity contribution is 5.88. The first kappa shape index (κ1) is 23.8. The Morgan fingerprint density at radius 3 is 2.42 bits per heavy atom. The molecule has 3 heterocycles. The van der Waals surface area contributed by atoms with E-state index in [0.29, 0.717) is 25.9 Å². The molecule has 2 aliphatic heterocycles. The van der Waals surface area contributed by atoms with E-state index in [4.69, 9.17) is 14.2 Å². The molecule has 188 valence electrons. The number of piperidine rings is 1. The molecule has 1 N–H and O–H groups in total. The summed E-state index contributed by atoms with van der Waals surface area (Å²) in [7, 11) is 3.54. The summed E-state index contributed by atoms with van der Waals surface area (Å²) in [5, 5.41) is 10.8. The summed E-state index contributed by atoms with van der Waals surface area (Å²) in [6, 6.07) is 14.1. The second-order valence-electron chi connectivity index (χ2n) is 10.3. The molecule has 1 amide bonds. The van der Waals surface area contributed by atoms with Crippen LogP contribution in [0.2, 0.25) is 0 Å². The van der Waals surface area contributed by atoms with E-state index in [-0.39, 0.29) is 6.09 Å². The second kappa shape index (κ2) is 8.96. The van der Waals surface area contributed by atoms with Gasteiger partial charge in [0.2, 0.25) is 0 Å². The third-order valence-electron chi connectivity index (χ3n) is 6.57. The average molecular weight is 491 g/mol. The number of benzene rings is 2. The van der Waals surface area contributed by atoms with Crippen molar-refractivity contribution in [2.24, 2.45) is 7.05 Å². The summed E-state index contributed by atoms with van der Waals surface area (Å²) in [5.41, 5.74) is 2.95. The molecule has 2 aliphatic rings. The largest absolute Gasteiger partial charge is 0.496 e. The Bertz CT molecular complexity index is 1300. The standard InChI is InChI=1S/C27H31N5O4/c1-26(2,3)36-25(33)32-15-13-27(14-16-32)17-20(23-21(34-5)7-6-8-22(23)35-27)18-9-11-19(12-10-18)24-28-29-30-31(24)4/h6-12,17H,13-16H2,1-5H3/p+1. The van der Waals surface area contributed by atoms with Crippen LogP contribution >= 0.6 is 0 Å². The number of methoxy groups -OCH3 is 1. The molecule has 9 nitrogen and oxygen atoms in total. The number of rotatable bonds is 3. The maximum Gasteiger partial charge on any atom is 0.410 e. The van der Waals surface area contributed by atoms with Gasteiger partial charge in [-0.15, -0.1) is 0 Å². The molecule has 1 spiro atoms. The van der Waals surface area contributed by atoms with Crippen molar-refractivity contribution < 1.29 is 23.7 Å². The van der Waals surface area contributed by atoms with Gasteiger partial charge < -0.3 is 19.1 Å². The van der Waals surface area contributed by atoms with Crippen LogP contribution in [0, 0.1) is 0 Å². The van der Waals surface area contributed by atoms with Crippen LogP contribution in [0.15, 0.2) is 48.5 Å². The van der Waals surface area contributed by atoms with E-state index in [1.54, 1.807) is 16.7 Å². The number of H-pyrrole nitrogens is 1. The van der Waals surface area contributed by atoms with Gasteiger partial charge in [-0.25, -0.2) is 4.79 Å². The van der Waals surface area contributed by atoms with Crippen LogP contribution < -0.4 is 14.2 Å². The molecule has 3 aromatic rings. The number of nitrogens with zero attached hydrogens (tertiary/aromatic N) is 4. The lowest BCUT2D eigenvalue weighted by molar-refractivity contribution is -0.721. The fourth-order valence-corrected chi connectivity index (χ4v) is 4.79. The van der Waals surface area contributed by atoms with Crippen molar-refractivity contribution in [1.29, 1.82) is 0 Å². The molecule has 0 aliphatic carbocycles. The van der Waals surface area contributed by atoms with E-state index < -0.39 is 11.2 Å². The number of carbonyl (C=O) groups is 1. The van der Waals surface area contributed by atoms with Gasteiger partial charge in [-0.2, -0.15) is 4.68 Å². The number of likely N-dealkylation sites (tertiary alicyclic amines) is 1. The number of nitrogens with one attached hydrogen (secondary N) is 1. The van der Waals surface area contributed by atoms with E-state index in [0.717, 1.165) is 39.6 Å². The molecule has 0 saturated carbocycles. The number of amides is 1. The normalized spacial score (nSPS) is 16.7. The number of ether oxygens (including phenoxy) is 3. The lowest BCUT2D eigenvalue weighted by Gasteiger charge is -2.43. The molecular formula is C27H32N5O4+. The Labute approximate surface area is 210 Å². The maximum atomic E-state index is 12.6. The quantitative estimate of drug-likeness (QED) is 0.560. The number of hydrogen-bond acceptors (Lipinski definition) is 6. The first-order chi connectivity index (χ1) is 17.2. The first-order valence-corrected chi connectivity index (χ1v) is 12.1. The number of carbonyl (C=O) groups excluding carboxylic acids is 1. The fourth-order valence-electron chi connectivity index (χ4n) is 4.79. The number of fused-ring (bicyclic) bond motifs is 1. The Morgan fingerprint density at radius 2 is 1.81 bits per heavy atom. The van der Waals surface area contributed by atoms with Crippen LogP contribution in [0.1, 0.15) is 44.7 Å². The van der Waals surface area contributed by atoms with Gasteiger partial charge in [0.15, 0.2) is 5.21 Å². The Balaban J connectivity index is 1.48. The molecule has 5 rings (SSSR count). The molecule has 0 unspecified atom stereocenters. The fraction of sp³-hybridized carbons (Fsp3) is 0.407. The van der Waals surface area contributed by atoms with Gasteiger partial charge in [-0.05, 0) is 62.2 Å². The second-order valence-corrected chi connectivity index (χ2v) is 10.3. The Hall–Kier alpha value is -3.88. The lowest BCUT2D eigenvalue weighted by atomic mass is 9.82. The summed E-state index contributed by atoms with van der Waals surface area (Å²) in [6.45, 7) is 6.76. The first-order valence-electron chi connectivity index (χ1n) is 12.1. The van der Waals surface area contributed by atoms with Crippen molar-refractivity contribution in [3.63, 3.8) is 0 Å². The highest BCUT2D eigenvalue weighted by Gasteiger charge is 2.41. The van der Waals surface area contributed by atoms with E-state index in [1.165, 1.54) is 0 Å². The van der Waals surface area contributed by atoms with E-state index in [2.05, 4.69) is 33.7 Å². The molecule has 1 aromatic heterocycles. The summed E-state index contributed by atoms with van der Waals surface area (Å²) in [6.07, 6.45) is 3.25. The van der Waals surface area contributed by atoms with Crippen molar-refractivity contribution >= 4 is 11.7 Å². The molecular weight excluding hydrogens is 458 g/mol. The van der Waals surface area contributed by atoms with Gasteiger partial charge in [0.25, 0.3) is 0 Å². The minimum Gasteiger partial charge on any atom is -0.496 e. The molecule has 2 aromatic carbocycles. The number of hydrogen-bond donors (Lipinski definition) is 1. The Morgan fingerprint density at radius 1 is 1.11 bits per heavy atom. The number of aromatic amines is 1. The van der Waals surface area contributed by atoms with Gasteiger partial charge in [0, 0.05) is 25.9 Å². The van der Waals surface area contributed by atoms with Crippen molar-refractivity contribution in [3.8, 4) is 22.9 Å². The highest BCUT2D eigenvalue weighted by atomic mass is 16.6. The topological polar surface area (TPSA) is 93.5 Å². The van der Waals surface area contributed by atoms with Crippen molar-refractivity contribution in [3.05, 3.63) is 59.7 Å². The van der Waals surface area contributed by atoms with Gasteiger partial charge in [-0.1, -0.05) is 23.4 Å². The molecule has 1 fully saturated rings. The smallest absolute Gasteiger partial charge is 0.410 e. The summed E-state index contributed by atoms with van der Waals surface area (Å²) >= 11 is 0. The lowest BCUT2D eigenvalue weighted by Crippen LogP contribution is -2.50. The Kier molecular flexibility index (Phi) is 5.94. The van der Waals surface area contributed by atoms with E-state index >= 15 is 0 Å². The van der Waals surface area contributed by atoms with Gasteiger partial charge >= 0.3 is 11.9 Å². The number of tetrazole rings is 1. The summed E-state index contributed by atoms with van der Waals surface area (Å²) in [5.74, 6) is 2.29. The summed E-state index contributed by atoms with van der Waals surface area (Å²) < 4.78 is 19.7. The van der Waals surface area contributed by atoms with Crippen LogP contribution in [0.3, 0.4) is 0 Å². The van der Waals surface area contributed by atoms with Crippen LogP contribution in [-0.4, -0.2) is 57.9 Å². The van der Waals surface area contributed by atoms with Crippen molar-refractivity contribution in [2.45, 2.75) is 44.8 Å². The zero-order chi connectivity index (χ0) is 25.5. The van der Waals surface area contributed by atoms with E-state index in [1.807, 2.05) is 58.2 Å². The third-order valence-corrected chi connectivity index (χ3v) is 6.57. The number of aryl methyl sites for hydroxylation is 1. The molecule has 0 radical (unpaired) electrons. The molecule has 36 heavy (non-hydrogen) atoms. The zero-order valence-corrected chi connectivity index (χ0v) is 21.4. The van der Waals surface area contributed by atoms with Crippen molar-refractivity contribution in [1.82, 2.24) is 20.4 Å². The molecule has 1 saturated heterocycles. The van der Waals surface area contributed by atoms with Gasteiger partial charge in [0.1, 0.15) is 27.8 Å². The molecule has 0 atom stereocenters. The maximum absolute atomic E-state index is 12.6. The summed E-state index contributed by atoms with van der Waals surface area (Å²) in [4.78, 5) is 14.4. The predicted octanol–water partition coefficient (Wildman–Crippen LogP) is 3.90. The zero-order valence-electron chi connectivity index (χ0n) is 21.4. The minimum atomic E-state index is -0.523. The van der Waals surface area contributed by atoms with Crippen LogP contribution in [0.4, 0.5) is 4.79 Å². The highest BCUT2D eigenvalue weighted by Crippen LogP contribution is 2.47. The predicted molar refractivity (Wildman–Crippen MR) is 133 cm³/mol. The SMILES string of the molecule is COc1cccc2c1C(c1ccc(-c3nn[nH][n+]3C)cc1)=CC1(CCN(C(=O)OC(C)(C)C)CC1)O2. The average Bonchev–Trinajstić information content (AvgIpc) is 3.28. The number of aromatic nitrogens is 4. The van der Waals surface area contributed by atoms with Gasteiger partial charge in [0.05, 0.1) is 25.3 Å². The van der Waals surface area contributed by atoms with Crippen LogP contribution in [0.5, 0.6) is 11.5 Å². The molecule has 9 heteroatoms. The van der Waals surface area contributed by atoms with Crippen LogP contribution in [-0.2, 0) is 11.8 Å². The minimum absolute atomic E-state index is 0.281. The molecule has 0 bridgehead atoms. The van der Waals surface area contributed by atoms with Gasteiger partial charge in [-0.3, -0.25) is 0 Å². The monoisotopic (exact) mass is 490 g/mol. The van der Waals surface area contributed by atoms with Crippen LogP contribution in [0.25, 0.3) is 17.0 Å². The van der Waals surface area contributed by atoms with Crippen molar-refractivity contribution in [2.75, 3.05) is 20.2 Å².